The van der Waals surface area contributed by atoms with Crippen molar-refractivity contribution in [2.24, 2.45) is 5.73 Å². The molecule has 7 nitrogen and oxygen atoms in total. The van der Waals surface area contributed by atoms with E-state index in [-0.39, 0.29) is 6.03 Å². The quantitative estimate of drug-likeness (QED) is 0.411. The molecule has 8 heteroatoms. The Labute approximate surface area is 188 Å². The van der Waals surface area contributed by atoms with Crippen molar-refractivity contribution in [3.63, 3.8) is 0 Å². The van der Waals surface area contributed by atoms with Crippen molar-refractivity contribution in [1.29, 1.82) is 0 Å². The highest BCUT2D eigenvalue weighted by molar-refractivity contribution is 7.14. The van der Waals surface area contributed by atoms with E-state index in [1.54, 1.807) is 11.1 Å². The highest BCUT2D eigenvalue weighted by atomic mass is 32.1. The van der Waals surface area contributed by atoms with E-state index in [9.17, 15) is 9.59 Å². The zero-order valence-corrected chi connectivity index (χ0v) is 18.0. The summed E-state index contributed by atoms with van der Waals surface area (Å²) in [5, 5.41) is 3.90. The second kappa shape index (κ2) is 7.97. The number of rotatable bonds is 3. The highest BCUT2D eigenvalue weighted by Crippen LogP contribution is 2.41. The SMILES string of the molecule is NC(=O)c1sc2c(c1-c1ccccc1N)CCN(C(=O)Nc1cnc3ccccc3c1)C2. The molecule has 5 N–H and O–H groups in total. The molecule has 0 atom stereocenters. The van der Waals surface area contributed by atoms with Gasteiger partial charge in [-0.2, -0.15) is 0 Å². The average Bonchev–Trinajstić information content (AvgIpc) is 3.18. The van der Waals surface area contributed by atoms with Crippen LogP contribution >= 0.6 is 11.3 Å². The van der Waals surface area contributed by atoms with Gasteiger partial charge in [-0.1, -0.05) is 36.4 Å². The Kier molecular flexibility index (Phi) is 4.99. The van der Waals surface area contributed by atoms with Gasteiger partial charge in [0.2, 0.25) is 0 Å². The molecule has 1 aliphatic rings. The van der Waals surface area contributed by atoms with Crippen molar-refractivity contribution in [3.8, 4) is 11.1 Å². The van der Waals surface area contributed by atoms with Gasteiger partial charge < -0.3 is 21.7 Å². The van der Waals surface area contributed by atoms with Crippen LogP contribution in [0.4, 0.5) is 16.2 Å². The number of carbonyl (C=O) groups excluding carboxylic acids is 2. The fourth-order valence-corrected chi connectivity index (χ4v) is 5.33. The number of anilines is 2. The lowest BCUT2D eigenvalue weighted by Crippen LogP contribution is -2.38. The summed E-state index contributed by atoms with van der Waals surface area (Å²) >= 11 is 1.34. The van der Waals surface area contributed by atoms with Crippen molar-refractivity contribution >= 4 is 45.6 Å². The van der Waals surface area contributed by atoms with Gasteiger partial charge in [0.05, 0.1) is 23.9 Å². The fourth-order valence-electron chi connectivity index (χ4n) is 4.10. The molecule has 0 bridgehead atoms. The summed E-state index contributed by atoms with van der Waals surface area (Å²) in [4.78, 5) is 32.7. The summed E-state index contributed by atoms with van der Waals surface area (Å²) < 4.78 is 0. The number of amides is 3. The van der Waals surface area contributed by atoms with Crippen molar-refractivity contribution in [2.45, 2.75) is 13.0 Å². The maximum atomic E-state index is 12.9. The van der Waals surface area contributed by atoms with Gasteiger partial charge in [-0.15, -0.1) is 11.3 Å². The number of nitrogen functional groups attached to an aromatic ring is 1. The van der Waals surface area contributed by atoms with E-state index in [0.717, 1.165) is 32.5 Å². The fraction of sp³-hybridized carbons (Fsp3) is 0.125. The molecule has 160 valence electrons. The molecule has 3 heterocycles. The van der Waals surface area contributed by atoms with Crippen molar-refractivity contribution < 1.29 is 9.59 Å². The number of nitrogens with zero attached hydrogens (tertiary/aromatic N) is 2. The molecule has 2 aromatic heterocycles. The van der Waals surface area contributed by atoms with Crippen LogP contribution in [-0.2, 0) is 13.0 Å². The highest BCUT2D eigenvalue weighted by Gasteiger charge is 2.29. The van der Waals surface area contributed by atoms with E-state index >= 15 is 0 Å². The Bertz CT molecular complexity index is 1360. The third-order valence-corrected chi connectivity index (χ3v) is 6.87. The Hall–Kier alpha value is -3.91. The monoisotopic (exact) mass is 443 g/mol. The predicted octanol–water partition coefficient (Wildman–Crippen LogP) is 4.23. The molecule has 1 aliphatic heterocycles. The van der Waals surface area contributed by atoms with Crippen LogP contribution < -0.4 is 16.8 Å². The number of nitrogens with one attached hydrogen (secondary N) is 1. The summed E-state index contributed by atoms with van der Waals surface area (Å²) in [6, 6.07) is 16.9. The Morgan fingerprint density at radius 2 is 1.88 bits per heavy atom. The molecular formula is C24H21N5O2S. The van der Waals surface area contributed by atoms with E-state index in [0.29, 0.717) is 35.8 Å². The molecular weight excluding hydrogens is 422 g/mol. The summed E-state index contributed by atoms with van der Waals surface area (Å²) in [5.74, 6) is -0.485. The first-order valence-electron chi connectivity index (χ1n) is 10.2. The van der Waals surface area contributed by atoms with Gasteiger partial charge in [0.15, 0.2) is 0 Å². The van der Waals surface area contributed by atoms with Crippen LogP contribution in [0.25, 0.3) is 22.0 Å². The molecule has 0 saturated heterocycles. The summed E-state index contributed by atoms with van der Waals surface area (Å²) in [7, 11) is 0. The predicted molar refractivity (Wildman–Crippen MR) is 128 cm³/mol. The number of benzene rings is 2. The maximum absolute atomic E-state index is 12.9. The van der Waals surface area contributed by atoms with E-state index in [4.69, 9.17) is 11.5 Å². The van der Waals surface area contributed by atoms with Gasteiger partial charge >= 0.3 is 6.03 Å². The smallest absolute Gasteiger partial charge is 0.322 e. The number of carbonyl (C=O) groups is 2. The molecule has 0 aliphatic carbocycles. The summed E-state index contributed by atoms with van der Waals surface area (Å²) in [6.45, 7) is 0.925. The van der Waals surface area contributed by atoms with Gasteiger partial charge in [0.1, 0.15) is 4.88 Å². The normalized spacial score (nSPS) is 13.1. The minimum absolute atomic E-state index is 0.206. The third kappa shape index (κ3) is 3.54. The molecule has 0 fully saturated rings. The number of primary amides is 1. The number of pyridine rings is 1. The number of urea groups is 1. The van der Waals surface area contributed by atoms with Gasteiger partial charge in [0.25, 0.3) is 5.91 Å². The lowest BCUT2D eigenvalue weighted by molar-refractivity contribution is 0.100. The zero-order valence-electron chi connectivity index (χ0n) is 17.2. The minimum atomic E-state index is -0.485. The Balaban J connectivity index is 1.42. The number of hydrogen-bond donors (Lipinski definition) is 3. The van der Waals surface area contributed by atoms with Crippen molar-refractivity contribution in [2.75, 3.05) is 17.6 Å². The molecule has 32 heavy (non-hydrogen) atoms. The molecule has 3 amide bonds. The van der Waals surface area contributed by atoms with Crippen LogP contribution in [0.2, 0.25) is 0 Å². The largest absolute Gasteiger partial charge is 0.398 e. The lowest BCUT2D eigenvalue weighted by atomic mass is 9.94. The molecule has 4 aromatic rings. The number of nitrogens with two attached hydrogens (primary N) is 2. The van der Waals surface area contributed by atoms with Crippen LogP contribution in [0.1, 0.15) is 20.1 Å². The molecule has 2 aromatic carbocycles. The number of aromatic nitrogens is 1. The lowest BCUT2D eigenvalue weighted by Gasteiger charge is -2.27. The topological polar surface area (TPSA) is 114 Å². The standard InChI is InChI=1S/C24H21N5O2S/c25-18-7-3-2-6-16(18)21-17-9-10-29(13-20(17)32-22(21)23(26)30)24(31)28-15-11-14-5-1-4-8-19(14)27-12-15/h1-8,11-12H,9-10,13,25H2,(H2,26,30)(H,28,31). The van der Waals surface area contributed by atoms with Gasteiger partial charge in [-0.05, 0) is 30.2 Å². The summed E-state index contributed by atoms with van der Waals surface area (Å²) in [5.41, 5.74) is 16.6. The number of para-hydroxylation sites is 2. The first kappa shape index (κ1) is 20.0. The van der Waals surface area contributed by atoms with E-state index in [1.807, 2.05) is 54.6 Å². The minimum Gasteiger partial charge on any atom is -0.398 e. The first-order chi connectivity index (χ1) is 15.5. The van der Waals surface area contributed by atoms with Crippen LogP contribution in [0, 0.1) is 0 Å². The molecule has 0 radical (unpaired) electrons. The van der Waals surface area contributed by atoms with Crippen molar-refractivity contribution in [3.05, 3.63) is 76.1 Å². The molecule has 0 unspecified atom stereocenters. The first-order valence-corrected chi connectivity index (χ1v) is 11.0. The van der Waals surface area contributed by atoms with Gasteiger partial charge in [-0.3, -0.25) is 9.78 Å². The second-order valence-corrected chi connectivity index (χ2v) is 8.78. The number of thiophene rings is 1. The number of fused-ring (bicyclic) bond motifs is 2. The van der Waals surface area contributed by atoms with E-state index < -0.39 is 5.91 Å². The van der Waals surface area contributed by atoms with Crippen molar-refractivity contribution in [1.82, 2.24) is 9.88 Å². The summed E-state index contributed by atoms with van der Waals surface area (Å²) in [6.07, 6.45) is 2.27. The van der Waals surface area contributed by atoms with Crippen LogP contribution in [0.15, 0.2) is 60.8 Å². The van der Waals surface area contributed by atoms with Crippen LogP contribution in [0.5, 0.6) is 0 Å². The van der Waals surface area contributed by atoms with Gasteiger partial charge in [0, 0.05) is 33.6 Å². The molecule has 5 rings (SSSR count). The van der Waals surface area contributed by atoms with Gasteiger partial charge in [-0.25, -0.2) is 4.79 Å². The van der Waals surface area contributed by atoms with E-state index in [1.165, 1.54) is 11.3 Å². The van der Waals surface area contributed by atoms with Crippen LogP contribution in [-0.4, -0.2) is 28.4 Å². The second-order valence-electron chi connectivity index (χ2n) is 7.68. The molecule has 0 saturated carbocycles. The third-order valence-electron chi connectivity index (χ3n) is 5.64. The number of hydrogen-bond acceptors (Lipinski definition) is 5. The average molecular weight is 444 g/mol. The van der Waals surface area contributed by atoms with E-state index in [2.05, 4.69) is 10.3 Å². The Morgan fingerprint density at radius 1 is 1.09 bits per heavy atom. The maximum Gasteiger partial charge on any atom is 0.322 e. The Morgan fingerprint density at radius 3 is 2.69 bits per heavy atom. The zero-order chi connectivity index (χ0) is 22.2. The molecule has 0 spiro atoms. The van der Waals surface area contributed by atoms with Crippen LogP contribution in [0.3, 0.4) is 0 Å².